The Labute approximate surface area is 205 Å². The smallest absolute Gasteiger partial charge is 0.233 e. The lowest BCUT2D eigenvalue weighted by atomic mass is 9.97. The van der Waals surface area contributed by atoms with Gasteiger partial charge in [0.15, 0.2) is 0 Å². The van der Waals surface area contributed by atoms with Crippen molar-refractivity contribution < 1.29 is 4.74 Å². The zero-order chi connectivity index (χ0) is 23.2. The van der Waals surface area contributed by atoms with E-state index in [0.29, 0.717) is 30.0 Å². The molecule has 1 aliphatic heterocycles. The number of methoxy groups -OCH3 is 1. The van der Waals surface area contributed by atoms with Gasteiger partial charge in [0.2, 0.25) is 17.8 Å². The molecule has 2 heterocycles. The van der Waals surface area contributed by atoms with Crippen LogP contribution in [0.2, 0.25) is 0 Å². The van der Waals surface area contributed by atoms with Gasteiger partial charge in [-0.05, 0) is 72.8 Å². The van der Waals surface area contributed by atoms with Gasteiger partial charge in [-0.1, -0.05) is 32.6 Å². The number of aromatic nitrogens is 3. The van der Waals surface area contributed by atoms with Crippen molar-refractivity contribution in [1.29, 1.82) is 0 Å². The van der Waals surface area contributed by atoms with Crippen LogP contribution in [0.5, 0.6) is 5.75 Å². The van der Waals surface area contributed by atoms with Crippen LogP contribution in [0.25, 0.3) is 0 Å². The number of rotatable bonds is 8. The lowest BCUT2D eigenvalue weighted by Crippen LogP contribution is -2.52. The van der Waals surface area contributed by atoms with Gasteiger partial charge in [-0.15, -0.1) is 0 Å². The van der Waals surface area contributed by atoms with Crippen molar-refractivity contribution >= 4 is 39.5 Å². The summed E-state index contributed by atoms with van der Waals surface area (Å²) in [6, 6.07) is 6.98. The summed E-state index contributed by atoms with van der Waals surface area (Å²) >= 11 is 3.54. The summed E-state index contributed by atoms with van der Waals surface area (Å²) in [5.41, 5.74) is 7.06. The molecule has 180 valence electrons. The molecule has 1 aromatic heterocycles. The van der Waals surface area contributed by atoms with Gasteiger partial charge < -0.3 is 26.0 Å². The number of ether oxygens (including phenoxy) is 1. The van der Waals surface area contributed by atoms with Gasteiger partial charge in [0.1, 0.15) is 5.75 Å². The molecule has 1 saturated carbocycles. The molecular formula is C24H36BrN7O. The van der Waals surface area contributed by atoms with Crippen molar-refractivity contribution in [3.8, 4) is 5.75 Å². The minimum Gasteiger partial charge on any atom is -0.496 e. The average Bonchev–Trinajstić information content (AvgIpc) is 3.20. The molecule has 1 saturated heterocycles. The summed E-state index contributed by atoms with van der Waals surface area (Å²) in [6.07, 6.45) is 10.9. The predicted molar refractivity (Wildman–Crippen MR) is 137 cm³/mol. The molecule has 1 aliphatic carbocycles. The molecule has 1 aromatic carbocycles. The number of nitrogens with zero attached hydrogens (tertiary/aromatic N) is 4. The lowest BCUT2D eigenvalue weighted by molar-refractivity contribution is 0.380. The van der Waals surface area contributed by atoms with Crippen molar-refractivity contribution in [2.24, 2.45) is 0 Å². The molecule has 0 amide bonds. The number of anilines is 4. The van der Waals surface area contributed by atoms with Crippen LogP contribution in [0.15, 0.2) is 22.7 Å². The van der Waals surface area contributed by atoms with E-state index in [-0.39, 0.29) is 5.95 Å². The molecule has 4 rings (SSSR count). The van der Waals surface area contributed by atoms with E-state index in [4.69, 9.17) is 15.5 Å². The molecule has 9 heteroatoms. The fraction of sp³-hybridized carbons (Fsp3) is 0.625. The van der Waals surface area contributed by atoms with Crippen molar-refractivity contribution in [2.45, 2.75) is 82.8 Å². The SMILES string of the molecule is CCC(C1CCCN1)N(c1nc(N)nc(Nc2ccc(OC)c(Br)c2)n1)C1CCCCCC1. The maximum Gasteiger partial charge on any atom is 0.233 e. The van der Waals surface area contributed by atoms with Gasteiger partial charge in [-0.3, -0.25) is 0 Å². The number of hydrogen-bond donors (Lipinski definition) is 3. The zero-order valence-corrected chi connectivity index (χ0v) is 21.3. The Hall–Kier alpha value is -2.13. The Morgan fingerprint density at radius 3 is 2.58 bits per heavy atom. The third kappa shape index (κ3) is 5.87. The van der Waals surface area contributed by atoms with E-state index in [2.05, 4.69) is 48.4 Å². The highest BCUT2D eigenvalue weighted by atomic mass is 79.9. The molecule has 2 aromatic rings. The monoisotopic (exact) mass is 517 g/mol. The number of nitrogens with two attached hydrogens (primary N) is 1. The van der Waals surface area contributed by atoms with Crippen molar-refractivity contribution in [1.82, 2.24) is 20.3 Å². The molecule has 33 heavy (non-hydrogen) atoms. The molecule has 2 atom stereocenters. The van der Waals surface area contributed by atoms with Crippen LogP contribution in [0, 0.1) is 0 Å². The van der Waals surface area contributed by atoms with Gasteiger partial charge >= 0.3 is 0 Å². The molecule has 0 spiro atoms. The van der Waals surface area contributed by atoms with E-state index in [1.165, 1.54) is 51.4 Å². The summed E-state index contributed by atoms with van der Waals surface area (Å²) in [4.78, 5) is 16.4. The Morgan fingerprint density at radius 2 is 1.94 bits per heavy atom. The van der Waals surface area contributed by atoms with Gasteiger partial charge in [0.25, 0.3) is 0 Å². The van der Waals surface area contributed by atoms with E-state index in [1.807, 2.05) is 18.2 Å². The largest absolute Gasteiger partial charge is 0.496 e. The first-order valence-corrected chi connectivity index (χ1v) is 13.0. The fourth-order valence-corrected chi connectivity index (χ4v) is 5.80. The predicted octanol–water partition coefficient (Wildman–Crippen LogP) is 5.03. The highest BCUT2D eigenvalue weighted by Crippen LogP contribution is 2.32. The number of nitrogens with one attached hydrogen (secondary N) is 2. The number of hydrogen-bond acceptors (Lipinski definition) is 8. The molecule has 2 unspecified atom stereocenters. The fourth-order valence-electron chi connectivity index (χ4n) is 5.26. The average molecular weight is 519 g/mol. The van der Waals surface area contributed by atoms with E-state index < -0.39 is 0 Å². The second-order valence-corrected chi connectivity index (χ2v) is 9.88. The maximum absolute atomic E-state index is 6.21. The maximum atomic E-state index is 6.21. The van der Waals surface area contributed by atoms with E-state index in [1.54, 1.807) is 7.11 Å². The van der Waals surface area contributed by atoms with Crippen LogP contribution in [0.3, 0.4) is 0 Å². The van der Waals surface area contributed by atoms with E-state index >= 15 is 0 Å². The quantitative estimate of drug-likeness (QED) is 0.419. The first kappa shape index (κ1) is 24.0. The molecule has 2 aliphatic rings. The summed E-state index contributed by atoms with van der Waals surface area (Å²) < 4.78 is 6.19. The molecule has 0 bridgehead atoms. The first-order valence-electron chi connectivity index (χ1n) is 12.2. The highest BCUT2D eigenvalue weighted by molar-refractivity contribution is 9.10. The normalized spacial score (nSPS) is 20.3. The number of nitrogen functional groups attached to an aromatic ring is 1. The summed E-state index contributed by atoms with van der Waals surface area (Å²) in [5.74, 6) is 2.15. The summed E-state index contributed by atoms with van der Waals surface area (Å²) in [7, 11) is 1.65. The van der Waals surface area contributed by atoms with Crippen molar-refractivity contribution in [2.75, 3.05) is 29.6 Å². The van der Waals surface area contributed by atoms with Crippen LogP contribution in [0.1, 0.15) is 64.7 Å². The van der Waals surface area contributed by atoms with Gasteiger partial charge in [0.05, 0.1) is 11.6 Å². The van der Waals surface area contributed by atoms with Gasteiger partial charge in [-0.25, -0.2) is 0 Å². The minimum atomic E-state index is 0.239. The third-order valence-corrected chi connectivity index (χ3v) is 7.46. The Bertz CT molecular complexity index is 914. The Kier molecular flexibility index (Phi) is 8.25. The van der Waals surface area contributed by atoms with Crippen molar-refractivity contribution in [3.63, 3.8) is 0 Å². The first-order chi connectivity index (χ1) is 16.1. The third-order valence-electron chi connectivity index (χ3n) is 6.84. The van der Waals surface area contributed by atoms with Crippen LogP contribution < -0.4 is 26.0 Å². The van der Waals surface area contributed by atoms with Crippen LogP contribution in [-0.4, -0.2) is 46.7 Å². The standard InChI is InChI=1S/C24H36BrN7O/c1-3-20(19-11-8-14-27-19)32(17-9-6-4-5-7-10-17)24-30-22(26)29-23(31-24)28-16-12-13-21(33-2)18(25)15-16/h12-13,15,17,19-20,27H,3-11,14H2,1-2H3,(H3,26,28,29,30,31). The van der Waals surface area contributed by atoms with E-state index in [0.717, 1.165) is 28.9 Å². The lowest BCUT2D eigenvalue weighted by Gasteiger charge is -2.40. The zero-order valence-electron chi connectivity index (χ0n) is 19.7. The second-order valence-electron chi connectivity index (χ2n) is 9.02. The Balaban J connectivity index is 1.67. The summed E-state index contributed by atoms with van der Waals surface area (Å²) in [5, 5.41) is 7.03. The van der Waals surface area contributed by atoms with Crippen LogP contribution in [-0.2, 0) is 0 Å². The summed E-state index contributed by atoms with van der Waals surface area (Å²) in [6.45, 7) is 3.35. The molecule has 0 radical (unpaired) electrons. The van der Waals surface area contributed by atoms with Gasteiger partial charge in [-0.2, -0.15) is 15.0 Å². The minimum absolute atomic E-state index is 0.239. The molecule has 2 fully saturated rings. The highest BCUT2D eigenvalue weighted by Gasteiger charge is 2.35. The van der Waals surface area contributed by atoms with E-state index in [9.17, 15) is 0 Å². The van der Waals surface area contributed by atoms with Crippen LogP contribution in [0.4, 0.5) is 23.5 Å². The van der Waals surface area contributed by atoms with Crippen molar-refractivity contribution in [3.05, 3.63) is 22.7 Å². The Morgan fingerprint density at radius 1 is 1.15 bits per heavy atom. The van der Waals surface area contributed by atoms with Gasteiger partial charge in [0, 0.05) is 23.8 Å². The molecule has 4 N–H and O–H groups in total. The molecular weight excluding hydrogens is 482 g/mol. The second kappa shape index (κ2) is 11.3. The molecule has 8 nitrogen and oxygen atoms in total. The number of halogens is 1. The van der Waals surface area contributed by atoms with Crippen LogP contribution >= 0.6 is 15.9 Å². The topological polar surface area (TPSA) is 101 Å². The number of benzene rings is 1.